The minimum atomic E-state index is -0.177. The van der Waals surface area contributed by atoms with Gasteiger partial charge < -0.3 is 14.6 Å². The van der Waals surface area contributed by atoms with Crippen LogP contribution in [-0.4, -0.2) is 43.0 Å². The lowest BCUT2D eigenvalue weighted by molar-refractivity contribution is 0.0907. The monoisotopic (exact) mass is 359 g/mol. The van der Waals surface area contributed by atoms with Crippen molar-refractivity contribution in [1.82, 2.24) is 10.2 Å². The van der Waals surface area contributed by atoms with Crippen molar-refractivity contribution in [2.45, 2.75) is 32.9 Å². The molecule has 1 aromatic carbocycles. The number of nitrogens with zero attached hydrogens (tertiary/aromatic N) is 2. The molecule has 6 heteroatoms. The first-order valence-electron chi connectivity index (χ1n) is 9.18. The molecule has 2 aromatic rings. The predicted octanol–water partition coefficient (Wildman–Crippen LogP) is 3.27. The Bertz CT molecular complexity index is 738. The van der Waals surface area contributed by atoms with Crippen LogP contribution in [0, 0.1) is 5.82 Å². The normalized spacial score (nSPS) is 16.5. The molecule has 1 atom stereocenters. The summed E-state index contributed by atoms with van der Waals surface area (Å²) in [6.07, 6.45) is 0.881. The Hall–Kier alpha value is -2.34. The number of furan rings is 1. The highest BCUT2D eigenvalue weighted by Crippen LogP contribution is 2.21. The number of rotatable bonds is 6. The summed E-state index contributed by atoms with van der Waals surface area (Å²) in [7, 11) is 0. The molecule has 5 nitrogen and oxygen atoms in total. The lowest BCUT2D eigenvalue weighted by Gasteiger charge is -2.35. The smallest absolute Gasteiger partial charge is 0.287 e. The fourth-order valence-electron chi connectivity index (χ4n) is 3.06. The molecule has 26 heavy (non-hydrogen) atoms. The molecule has 0 aliphatic carbocycles. The van der Waals surface area contributed by atoms with Gasteiger partial charge in [0.2, 0.25) is 0 Å². The van der Waals surface area contributed by atoms with Crippen LogP contribution in [0.15, 0.2) is 40.8 Å². The van der Waals surface area contributed by atoms with E-state index in [1.54, 1.807) is 12.1 Å². The van der Waals surface area contributed by atoms with Gasteiger partial charge in [0.25, 0.3) is 5.91 Å². The second kappa shape index (κ2) is 8.36. The SMILES string of the molecule is CC[C@H](C)NC(=O)c1ccc(CN2CCN(c3ccccc3F)CC2)o1. The molecule has 3 rings (SSSR count). The highest BCUT2D eigenvalue weighted by molar-refractivity contribution is 5.91. The highest BCUT2D eigenvalue weighted by Gasteiger charge is 2.21. The van der Waals surface area contributed by atoms with Gasteiger partial charge in [0, 0.05) is 32.2 Å². The second-order valence-corrected chi connectivity index (χ2v) is 6.76. The van der Waals surface area contributed by atoms with E-state index >= 15 is 0 Å². The van der Waals surface area contributed by atoms with Crippen LogP contribution in [0.4, 0.5) is 10.1 Å². The Morgan fingerprint density at radius 3 is 2.62 bits per heavy atom. The molecule has 1 aliphatic rings. The standard InChI is InChI=1S/C20H26FN3O2/c1-3-15(2)22-20(25)19-9-8-16(26-19)14-23-10-12-24(13-11-23)18-7-5-4-6-17(18)21/h4-9,15H,3,10-14H2,1-2H3,(H,22,25)/t15-/m0/s1. The molecular formula is C20H26FN3O2. The molecule has 1 aromatic heterocycles. The van der Waals surface area contributed by atoms with E-state index in [1.165, 1.54) is 6.07 Å². The zero-order valence-corrected chi connectivity index (χ0v) is 15.4. The third-order valence-corrected chi connectivity index (χ3v) is 4.82. The summed E-state index contributed by atoms with van der Waals surface area (Å²) in [6.45, 7) is 7.83. The first-order valence-corrected chi connectivity index (χ1v) is 9.18. The van der Waals surface area contributed by atoms with Gasteiger partial charge >= 0.3 is 0 Å². The van der Waals surface area contributed by atoms with Crippen molar-refractivity contribution in [2.24, 2.45) is 0 Å². The van der Waals surface area contributed by atoms with E-state index in [1.807, 2.05) is 32.0 Å². The number of carbonyl (C=O) groups is 1. The van der Waals surface area contributed by atoms with Crippen molar-refractivity contribution in [2.75, 3.05) is 31.1 Å². The van der Waals surface area contributed by atoms with Gasteiger partial charge in [-0.2, -0.15) is 0 Å². The summed E-state index contributed by atoms with van der Waals surface area (Å²) in [4.78, 5) is 16.4. The number of halogens is 1. The summed E-state index contributed by atoms with van der Waals surface area (Å²) < 4.78 is 19.6. The molecule has 0 radical (unpaired) electrons. The zero-order chi connectivity index (χ0) is 18.5. The third kappa shape index (κ3) is 4.43. The van der Waals surface area contributed by atoms with Gasteiger partial charge in [-0.05, 0) is 37.6 Å². The van der Waals surface area contributed by atoms with Crippen molar-refractivity contribution in [3.05, 3.63) is 53.7 Å². The van der Waals surface area contributed by atoms with E-state index in [0.29, 0.717) is 18.0 Å². The number of anilines is 1. The quantitative estimate of drug-likeness (QED) is 0.860. The van der Waals surface area contributed by atoms with E-state index in [2.05, 4.69) is 15.1 Å². The topological polar surface area (TPSA) is 48.7 Å². The summed E-state index contributed by atoms with van der Waals surface area (Å²) >= 11 is 0. The largest absolute Gasteiger partial charge is 0.455 e. The first kappa shape index (κ1) is 18.5. The van der Waals surface area contributed by atoms with Crippen LogP contribution in [0.2, 0.25) is 0 Å². The lowest BCUT2D eigenvalue weighted by atomic mass is 10.2. The molecular weight excluding hydrogens is 333 g/mol. The molecule has 0 spiro atoms. The molecule has 1 fully saturated rings. The van der Waals surface area contributed by atoms with Crippen molar-refractivity contribution < 1.29 is 13.6 Å². The fourth-order valence-corrected chi connectivity index (χ4v) is 3.06. The molecule has 1 saturated heterocycles. The van der Waals surface area contributed by atoms with Crippen LogP contribution < -0.4 is 10.2 Å². The first-order chi connectivity index (χ1) is 12.6. The van der Waals surface area contributed by atoms with Crippen LogP contribution >= 0.6 is 0 Å². The maximum atomic E-state index is 13.9. The van der Waals surface area contributed by atoms with Crippen LogP contribution in [0.1, 0.15) is 36.6 Å². The minimum Gasteiger partial charge on any atom is -0.455 e. The lowest BCUT2D eigenvalue weighted by Crippen LogP contribution is -2.46. The number of para-hydroxylation sites is 1. The van der Waals surface area contributed by atoms with Crippen molar-refractivity contribution in [1.29, 1.82) is 0 Å². The summed E-state index contributed by atoms with van der Waals surface area (Å²) in [6, 6.07) is 10.6. The Balaban J connectivity index is 1.52. The molecule has 140 valence electrons. The van der Waals surface area contributed by atoms with Crippen LogP contribution in [-0.2, 0) is 6.54 Å². The molecule has 2 heterocycles. The van der Waals surface area contributed by atoms with Gasteiger partial charge in [0.05, 0.1) is 12.2 Å². The second-order valence-electron chi connectivity index (χ2n) is 6.76. The predicted molar refractivity (Wildman–Crippen MR) is 99.8 cm³/mol. The molecule has 0 bridgehead atoms. The van der Waals surface area contributed by atoms with Gasteiger partial charge in [-0.3, -0.25) is 9.69 Å². The van der Waals surface area contributed by atoms with Gasteiger partial charge in [-0.1, -0.05) is 19.1 Å². The Labute approximate surface area is 153 Å². The van der Waals surface area contributed by atoms with Crippen molar-refractivity contribution in [3.8, 4) is 0 Å². The Kier molecular flexibility index (Phi) is 5.93. The number of nitrogens with one attached hydrogen (secondary N) is 1. The number of hydrogen-bond acceptors (Lipinski definition) is 4. The maximum absolute atomic E-state index is 13.9. The van der Waals surface area contributed by atoms with E-state index in [4.69, 9.17) is 4.42 Å². The molecule has 1 aliphatic heterocycles. The number of amides is 1. The van der Waals surface area contributed by atoms with Crippen molar-refractivity contribution in [3.63, 3.8) is 0 Å². The van der Waals surface area contributed by atoms with Crippen LogP contribution in [0.5, 0.6) is 0 Å². The average molecular weight is 359 g/mol. The number of hydrogen-bond donors (Lipinski definition) is 1. The molecule has 0 unspecified atom stereocenters. The Morgan fingerprint density at radius 1 is 1.19 bits per heavy atom. The highest BCUT2D eigenvalue weighted by atomic mass is 19.1. The third-order valence-electron chi connectivity index (χ3n) is 4.82. The van der Waals surface area contributed by atoms with Gasteiger partial charge in [0.1, 0.15) is 11.6 Å². The zero-order valence-electron chi connectivity index (χ0n) is 15.4. The van der Waals surface area contributed by atoms with E-state index in [-0.39, 0.29) is 17.8 Å². The number of carbonyl (C=O) groups excluding carboxylic acids is 1. The number of benzene rings is 1. The van der Waals surface area contributed by atoms with Gasteiger partial charge in [-0.15, -0.1) is 0 Å². The van der Waals surface area contributed by atoms with Crippen molar-refractivity contribution >= 4 is 11.6 Å². The van der Waals surface area contributed by atoms with Crippen LogP contribution in [0.3, 0.4) is 0 Å². The fraction of sp³-hybridized carbons (Fsp3) is 0.450. The summed E-state index contributed by atoms with van der Waals surface area (Å²) in [5.74, 6) is 0.780. The van der Waals surface area contributed by atoms with E-state index in [0.717, 1.165) is 38.4 Å². The van der Waals surface area contributed by atoms with Crippen LogP contribution in [0.25, 0.3) is 0 Å². The maximum Gasteiger partial charge on any atom is 0.287 e. The van der Waals surface area contributed by atoms with E-state index in [9.17, 15) is 9.18 Å². The summed E-state index contributed by atoms with van der Waals surface area (Å²) in [5.41, 5.74) is 0.661. The average Bonchev–Trinajstić information content (AvgIpc) is 3.11. The minimum absolute atomic E-state index is 0.127. The van der Waals surface area contributed by atoms with Gasteiger partial charge in [0.15, 0.2) is 5.76 Å². The molecule has 1 N–H and O–H groups in total. The van der Waals surface area contributed by atoms with E-state index < -0.39 is 0 Å². The summed E-state index contributed by atoms with van der Waals surface area (Å²) in [5, 5.41) is 2.90. The Morgan fingerprint density at radius 2 is 1.92 bits per heavy atom. The van der Waals surface area contributed by atoms with Gasteiger partial charge in [-0.25, -0.2) is 4.39 Å². The number of piperazine rings is 1. The molecule has 1 amide bonds. The molecule has 0 saturated carbocycles.